The number of anilines is 1. The fourth-order valence-electron chi connectivity index (χ4n) is 2.07. The van der Waals surface area contributed by atoms with Crippen LogP contribution in [0.2, 0.25) is 5.02 Å². The van der Waals surface area contributed by atoms with E-state index in [4.69, 9.17) is 17.3 Å². The van der Waals surface area contributed by atoms with Crippen LogP contribution in [0.25, 0.3) is 22.4 Å². The lowest BCUT2D eigenvalue weighted by atomic mass is 10.2. The van der Waals surface area contributed by atoms with Gasteiger partial charge < -0.3 is 10.7 Å². The zero-order valence-corrected chi connectivity index (χ0v) is 10.8. The van der Waals surface area contributed by atoms with Crippen LogP contribution in [0.5, 0.6) is 0 Å². The highest BCUT2D eigenvalue weighted by molar-refractivity contribution is 6.31. The monoisotopic (exact) mass is 261 g/mol. The minimum Gasteiger partial charge on any atom is -0.397 e. The molecule has 0 saturated heterocycles. The Kier molecular flexibility index (Phi) is 2.31. The third-order valence-electron chi connectivity index (χ3n) is 2.85. The second-order valence-electron chi connectivity index (χ2n) is 4.28. The van der Waals surface area contributed by atoms with Crippen LogP contribution in [0.4, 0.5) is 5.69 Å². The van der Waals surface area contributed by atoms with Crippen LogP contribution in [-0.2, 0) is 7.05 Å². The summed E-state index contributed by atoms with van der Waals surface area (Å²) in [5.41, 5.74) is 9.92. The minimum atomic E-state index is 0.571. The molecule has 0 saturated carbocycles. The summed E-state index contributed by atoms with van der Waals surface area (Å²) < 4.78 is 1.76. The van der Waals surface area contributed by atoms with Gasteiger partial charge in [-0.2, -0.15) is 5.10 Å². The predicted molar refractivity (Wildman–Crippen MR) is 72.5 cm³/mol. The summed E-state index contributed by atoms with van der Waals surface area (Å²) in [4.78, 5) is 7.72. The highest BCUT2D eigenvalue weighted by Crippen LogP contribution is 2.28. The SMILES string of the molecule is Cc1nn(C)cc1-c1nc2c(N)cc(Cl)cc2[nH]1. The number of aromatic amines is 1. The average Bonchev–Trinajstić information content (AvgIpc) is 2.81. The first-order chi connectivity index (χ1) is 8.54. The topological polar surface area (TPSA) is 72.5 Å². The van der Waals surface area contributed by atoms with Crippen molar-refractivity contribution in [3.8, 4) is 11.4 Å². The van der Waals surface area contributed by atoms with E-state index in [0.29, 0.717) is 10.7 Å². The van der Waals surface area contributed by atoms with Gasteiger partial charge >= 0.3 is 0 Å². The summed E-state index contributed by atoms with van der Waals surface area (Å²) in [6, 6.07) is 3.51. The molecule has 0 unspecified atom stereocenters. The number of imidazole rings is 1. The molecule has 0 spiro atoms. The highest BCUT2D eigenvalue weighted by atomic mass is 35.5. The molecule has 0 aliphatic rings. The van der Waals surface area contributed by atoms with Crippen molar-refractivity contribution < 1.29 is 0 Å². The first-order valence-corrected chi connectivity index (χ1v) is 5.88. The minimum absolute atomic E-state index is 0.571. The highest BCUT2D eigenvalue weighted by Gasteiger charge is 2.12. The summed E-state index contributed by atoms with van der Waals surface area (Å²) in [7, 11) is 1.88. The number of hydrogen-bond acceptors (Lipinski definition) is 3. The van der Waals surface area contributed by atoms with Crippen LogP contribution in [0, 0.1) is 6.92 Å². The van der Waals surface area contributed by atoms with Crippen LogP contribution in [0.1, 0.15) is 5.69 Å². The molecule has 0 bridgehead atoms. The van der Waals surface area contributed by atoms with Crippen molar-refractivity contribution >= 4 is 28.3 Å². The van der Waals surface area contributed by atoms with E-state index in [1.807, 2.05) is 26.2 Å². The maximum atomic E-state index is 5.97. The van der Waals surface area contributed by atoms with Crippen LogP contribution in [0.15, 0.2) is 18.3 Å². The Labute approximate surface area is 109 Å². The molecule has 0 fully saturated rings. The lowest BCUT2D eigenvalue weighted by Crippen LogP contribution is -1.86. The van der Waals surface area contributed by atoms with Gasteiger partial charge in [-0.05, 0) is 19.1 Å². The van der Waals surface area contributed by atoms with Gasteiger partial charge in [0.05, 0.1) is 22.5 Å². The number of nitrogens with one attached hydrogen (secondary N) is 1. The van der Waals surface area contributed by atoms with Crippen LogP contribution in [0.3, 0.4) is 0 Å². The number of fused-ring (bicyclic) bond motifs is 1. The molecule has 5 nitrogen and oxygen atoms in total. The van der Waals surface area contributed by atoms with Crippen molar-refractivity contribution in [2.24, 2.45) is 7.05 Å². The lowest BCUT2D eigenvalue weighted by Gasteiger charge is -1.94. The maximum Gasteiger partial charge on any atom is 0.142 e. The van der Waals surface area contributed by atoms with Gasteiger partial charge in [-0.15, -0.1) is 0 Å². The standard InChI is InChI=1S/C12H12ClN5/c1-6-8(5-18(2)17-6)12-15-10-4-7(13)3-9(14)11(10)16-12/h3-5H,14H2,1-2H3,(H,15,16). The number of nitrogens with zero attached hydrogens (tertiary/aromatic N) is 3. The molecule has 2 heterocycles. The van der Waals surface area contributed by atoms with Crippen molar-refractivity contribution in [3.05, 3.63) is 29.0 Å². The molecular weight excluding hydrogens is 250 g/mol. The Morgan fingerprint density at radius 2 is 2.17 bits per heavy atom. The van der Waals surface area contributed by atoms with E-state index in [9.17, 15) is 0 Å². The summed E-state index contributed by atoms with van der Waals surface area (Å²) in [6.07, 6.45) is 1.92. The van der Waals surface area contributed by atoms with Gasteiger partial charge in [-0.1, -0.05) is 11.6 Å². The number of aromatic nitrogens is 4. The van der Waals surface area contributed by atoms with Gasteiger partial charge in [0.25, 0.3) is 0 Å². The number of nitrogen functional groups attached to an aromatic ring is 1. The molecule has 6 heteroatoms. The van der Waals surface area contributed by atoms with Crippen molar-refractivity contribution in [2.75, 3.05) is 5.73 Å². The van der Waals surface area contributed by atoms with E-state index in [0.717, 1.165) is 28.1 Å². The van der Waals surface area contributed by atoms with Gasteiger partial charge in [-0.3, -0.25) is 4.68 Å². The van der Waals surface area contributed by atoms with Crippen molar-refractivity contribution in [2.45, 2.75) is 6.92 Å². The van der Waals surface area contributed by atoms with Gasteiger partial charge in [0.1, 0.15) is 11.3 Å². The molecule has 1 aromatic carbocycles. The van der Waals surface area contributed by atoms with Crippen LogP contribution < -0.4 is 5.73 Å². The Bertz CT molecular complexity index is 740. The normalized spacial score (nSPS) is 11.3. The number of rotatable bonds is 1. The van der Waals surface area contributed by atoms with Crippen LogP contribution >= 0.6 is 11.6 Å². The molecule has 0 amide bonds. The molecule has 3 aromatic rings. The first kappa shape index (κ1) is 11.1. The van der Waals surface area contributed by atoms with Gasteiger partial charge in [0.15, 0.2) is 0 Å². The third kappa shape index (κ3) is 1.64. The number of H-pyrrole nitrogens is 1. The largest absolute Gasteiger partial charge is 0.397 e. The predicted octanol–water partition coefficient (Wildman–Crippen LogP) is 2.51. The molecule has 3 N–H and O–H groups in total. The Balaban J connectivity index is 2.25. The second-order valence-corrected chi connectivity index (χ2v) is 4.71. The summed E-state index contributed by atoms with van der Waals surface area (Å²) in [5.74, 6) is 0.754. The lowest BCUT2D eigenvalue weighted by molar-refractivity contribution is 0.756. The summed E-state index contributed by atoms with van der Waals surface area (Å²) in [6.45, 7) is 1.94. The van der Waals surface area contributed by atoms with Gasteiger partial charge in [0.2, 0.25) is 0 Å². The number of hydrogen-bond donors (Lipinski definition) is 2. The van der Waals surface area contributed by atoms with E-state index >= 15 is 0 Å². The number of halogens is 1. The second kappa shape index (κ2) is 3.74. The van der Waals surface area contributed by atoms with E-state index in [-0.39, 0.29) is 0 Å². The number of aryl methyl sites for hydroxylation is 2. The number of nitrogens with two attached hydrogens (primary N) is 1. The first-order valence-electron chi connectivity index (χ1n) is 5.50. The van der Waals surface area contributed by atoms with Crippen molar-refractivity contribution in [3.63, 3.8) is 0 Å². The molecule has 0 radical (unpaired) electrons. The van der Waals surface area contributed by atoms with Crippen molar-refractivity contribution in [1.29, 1.82) is 0 Å². The zero-order valence-electron chi connectivity index (χ0n) is 10.0. The fourth-order valence-corrected chi connectivity index (χ4v) is 2.29. The third-order valence-corrected chi connectivity index (χ3v) is 3.07. The average molecular weight is 262 g/mol. The molecule has 0 aliphatic heterocycles. The van der Waals surface area contributed by atoms with E-state index in [1.165, 1.54) is 0 Å². The Morgan fingerprint density at radius 3 is 2.83 bits per heavy atom. The van der Waals surface area contributed by atoms with Gasteiger partial charge in [0, 0.05) is 18.3 Å². The van der Waals surface area contributed by atoms with Crippen molar-refractivity contribution in [1.82, 2.24) is 19.7 Å². The van der Waals surface area contributed by atoms with E-state index in [2.05, 4.69) is 15.1 Å². The molecule has 0 atom stereocenters. The molecule has 3 rings (SSSR count). The Morgan fingerprint density at radius 1 is 1.39 bits per heavy atom. The van der Waals surface area contributed by atoms with E-state index in [1.54, 1.807) is 10.7 Å². The zero-order chi connectivity index (χ0) is 12.9. The molecule has 0 aliphatic carbocycles. The molecule has 18 heavy (non-hydrogen) atoms. The maximum absolute atomic E-state index is 5.97. The number of benzene rings is 1. The molecule has 92 valence electrons. The Hall–Kier alpha value is -2.01. The van der Waals surface area contributed by atoms with Gasteiger partial charge in [-0.25, -0.2) is 4.98 Å². The summed E-state index contributed by atoms with van der Waals surface area (Å²) >= 11 is 5.97. The van der Waals surface area contributed by atoms with Crippen LogP contribution in [-0.4, -0.2) is 19.7 Å². The molecule has 2 aromatic heterocycles. The molecular formula is C12H12ClN5. The fraction of sp³-hybridized carbons (Fsp3) is 0.167. The smallest absolute Gasteiger partial charge is 0.142 e. The summed E-state index contributed by atoms with van der Waals surface area (Å²) in [5, 5.41) is 4.89. The van der Waals surface area contributed by atoms with E-state index < -0.39 is 0 Å². The quantitative estimate of drug-likeness (QED) is 0.661.